The van der Waals surface area contributed by atoms with E-state index in [4.69, 9.17) is 22.2 Å². The van der Waals surface area contributed by atoms with E-state index in [1.165, 1.54) is 0 Å². The van der Waals surface area contributed by atoms with Crippen molar-refractivity contribution in [1.82, 2.24) is 9.97 Å². The van der Waals surface area contributed by atoms with Crippen LogP contribution in [0.3, 0.4) is 0 Å². The van der Waals surface area contributed by atoms with Crippen LogP contribution in [0.4, 0.5) is 17.3 Å². The van der Waals surface area contributed by atoms with Crippen LogP contribution in [0.15, 0.2) is 24.3 Å². The van der Waals surface area contributed by atoms with E-state index >= 15 is 0 Å². The van der Waals surface area contributed by atoms with Crippen LogP contribution in [0.1, 0.15) is 5.82 Å². The topological polar surface area (TPSA) is 85.1 Å². The number of nitrogen functional groups attached to an aromatic ring is 1. The van der Waals surface area contributed by atoms with Gasteiger partial charge in [0.05, 0.1) is 12.8 Å². The van der Waals surface area contributed by atoms with E-state index < -0.39 is 0 Å². The van der Waals surface area contributed by atoms with Crippen molar-refractivity contribution in [1.29, 1.82) is 0 Å². The molecule has 0 fully saturated rings. The summed E-state index contributed by atoms with van der Waals surface area (Å²) in [5, 5.41) is 3.73. The van der Waals surface area contributed by atoms with Gasteiger partial charge in [0.25, 0.3) is 0 Å². The molecule has 4 N–H and O–H groups in total. The maximum absolute atomic E-state index is 5.97. The fraction of sp³-hybridized carbons (Fsp3) is 0.167. The molecule has 0 atom stereocenters. The Morgan fingerprint density at radius 2 is 1.95 bits per heavy atom. The Kier molecular flexibility index (Phi) is 4.03. The molecule has 0 aliphatic heterocycles. The first-order chi connectivity index (χ1) is 9.12. The minimum atomic E-state index is 0.524. The van der Waals surface area contributed by atoms with Gasteiger partial charge in [0.2, 0.25) is 0 Å². The molecule has 6 nitrogen and oxygen atoms in total. The number of nitrogens with zero attached hydrogens (tertiary/aromatic N) is 2. The number of rotatable bonds is 4. The SMILES string of the molecule is COc1ccc(Cl)cc1Nc1cc(NN)nc(C)n1. The molecule has 2 aromatic rings. The average Bonchev–Trinajstić information content (AvgIpc) is 2.38. The number of nitrogens with two attached hydrogens (primary N) is 1. The van der Waals surface area contributed by atoms with Gasteiger partial charge in [-0.05, 0) is 25.1 Å². The zero-order valence-corrected chi connectivity index (χ0v) is 11.3. The number of aryl methyl sites for hydroxylation is 1. The van der Waals surface area contributed by atoms with E-state index in [2.05, 4.69) is 20.7 Å². The van der Waals surface area contributed by atoms with E-state index in [0.29, 0.717) is 28.2 Å². The molecule has 1 aromatic carbocycles. The second-order valence-corrected chi connectivity index (χ2v) is 4.24. The van der Waals surface area contributed by atoms with Crippen molar-refractivity contribution >= 4 is 28.9 Å². The number of anilines is 3. The Hall–Kier alpha value is -2.05. The molecule has 2 rings (SSSR count). The molecule has 0 saturated carbocycles. The lowest BCUT2D eigenvalue weighted by Crippen LogP contribution is -2.10. The van der Waals surface area contributed by atoms with Crippen LogP contribution in [0, 0.1) is 6.92 Å². The maximum Gasteiger partial charge on any atom is 0.145 e. The number of hydrazine groups is 1. The van der Waals surface area contributed by atoms with Crippen molar-refractivity contribution in [2.75, 3.05) is 17.9 Å². The molecular formula is C12H14ClN5O. The van der Waals surface area contributed by atoms with Gasteiger partial charge in [-0.2, -0.15) is 0 Å². The van der Waals surface area contributed by atoms with E-state index in [9.17, 15) is 0 Å². The summed E-state index contributed by atoms with van der Waals surface area (Å²) in [6, 6.07) is 6.98. The predicted molar refractivity (Wildman–Crippen MR) is 75.9 cm³/mol. The highest BCUT2D eigenvalue weighted by molar-refractivity contribution is 6.31. The highest BCUT2D eigenvalue weighted by Gasteiger charge is 2.07. The quantitative estimate of drug-likeness (QED) is 0.589. The van der Waals surface area contributed by atoms with Gasteiger partial charge in [-0.15, -0.1) is 0 Å². The molecule has 0 aliphatic rings. The average molecular weight is 280 g/mol. The highest BCUT2D eigenvalue weighted by atomic mass is 35.5. The van der Waals surface area contributed by atoms with Gasteiger partial charge in [0, 0.05) is 11.1 Å². The van der Waals surface area contributed by atoms with Gasteiger partial charge >= 0.3 is 0 Å². The summed E-state index contributed by atoms with van der Waals surface area (Å²) in [5.74, 6) is 7.74. The highest BCUT2D eigenvalue weighted by Crippen LogP contribution is 2.30. The molecule has 0 spiro atoms. The van der Waals surface area contributed by atoms with Crippen molar-refractivity contribution < 1.29 is 4.74 Å². The number of aromatic nitrogens is 2. The number of halogens is 1. The van der Waals surface area contributed by atoms with E-state index in [0.717, 1.165) is 5.69 Å². The summed E-state index contributed by atoms with van der Waals surface area (Å²) in [5.41, 5.74) is 3.20. The van der Waals surface area contributed by atoms with Crippen molar-refractivity contribution in [3.05, 3.63) is 35.1 Å². The van der Waals surface area contributed by atoms with Gasteiger partial charge in [-0.1, -0.05) is 11.6 Å². The Balaban J connectivity index is 2.35. The summed E-state index contributed by atoms with van der Waals surface area (Å²) in [7, 11) is 1.59. The van der Waals surface area contributed by atoms with Gasteiger partial charge in [0.15, 0.2) is 0 Å². The molecular weight excluding hydrogens is 266 g/mol. The molecule has 0 bridgehead atoms. The largest absolute Gasteiger partial charge is 0.495 e. The molecule has 100 valence electrons. The molecule has 1 aromatic heterocycles. The van der Waals surface area contributed by atoms with Crippen molar-refractivity contribution in [2.24, 2.45) is 5.84 Å². The summed E-state index contributed by atoms with van der Waals surface area (Å²) in [6.07, 6.45) is 0. The van der Waals surface area contributed by atoms with Crippen molar-refractivity contribution in [2.45, 2.75) is 6.92 Å². The molecule has 7 heteroatoms. The number of hydrogen-bond acceptors (Lipinski definition) is 6. The third kappa shape index (κ3) is 3.24. The second-order valence-electron chi connectivity index (χ2n) is 3.80. The molecule has 0 saturated heterocycles. The summed E-state index contributed by atoms with van der Waals surface area (Å²) in [6.45, 7) is 1.78. The van der Waals surface area contributed by atoms with Crippen LogP contribution in [0.25, 0.3) is 0 Å². The fourth-order valence-electron chi connectivity index (χ4n) is 1.62. The molecule has 0 amide bonds. The summed E-state index contributed by atoms with van der Waals surface area (Å²) in [4.78, 5) is 8.38. The number of ether oxygens (including phenoxy) is 1. The lowest BCUT2D eigenvalue weighted by atomic mass is 10.3. The van der Waals surface area contributed by atoms with E-state index in [1.54, 1.807) is 38.3 Å². The minimum Gasteiger partial charge on any atom is -0.495 e. The number of nitrogens with one attached hydrogen (secondary N) is 2. The molecule has 1 heterocycles. The first kappa shape index (κ1) is 13.4. The molecule has 0 aliphatic carbocycles. The summed E-state index contributed by atoms with van der Waals surface area (Å²) >= 11 is 5.97. The lowest BCUT2D eigenvalue weighted by molar-refractivity contribution is 0.417. The standard InChI is InChI=1S/C12H14ClN5O/c1-7-15-11(6-12(16-7)18-14)17-9-5-8(13)3-4-10(9)19-2/h3-6H,14H2,1-2H3,(H2,15,16,17,18). The van der Waals surface area contributed by atoms with Gasteiger partial charge in [0.1, 0.15) is 23.2 Å². The normalized spacial score (nSPS) is 10.1. The molecule has 0 unspecified atom stereocenters. The van der Waals surface area contributed by atoms with Crippen molar-refractivity contribution in [3.63, 3.8) is 0 Å². The molecule has 19 heavy (non-hydrogen) atoms. The Labute approximate surface area is 115 Å². The number of hydrogen-bond donors (Lipinski definition) is 3. The van der Waals surface area contributed by atoms with Crippen LogP contribution in [-0.4, -0.2) is 17.1 Å². The smallest absolute Gasteiger partial charge is 0.145 e. The third-order valence-electron chi connectivity index (χ3n) is 2.41. The van der Waals surface area contributed by atoms with Crippen LogP contribution in [0.2, 0.25) is 5.02 Å². The maximum atomic E-state index is 5.97. The zero-order valence-electron chi connectivity index (χ0n) is 10.6. The Morgan fingerprint density at radius 3 is 2.63 bits per heavy atom. The second kappa shape index (κ2) is 5.73. The Morgan fingerprint density at radius 1 is 1.21 bits per heavy atom. The van der Waals surface area contributed by atoms with Crippen LogP contribution >= 0.6 is 11.6 Å². The van der Waals surface area contributed by atoms with Gasteiger partial charge in [-0.3, -0.25) is 0 Å². The minimum absolute atomic E-state index is 0.524. The summed E-state index contributed by atoms with van der Waals surface area (Å²) < 4.78 is 5.25. The van der Waals surface area contributed by atoms with Crippen LogP contribution in [0.5, 0.6) is 5.75 Å². The van der Waals surface area contributed by atoms with Crippen molar-refractivity contribution in [3.8, 4) is 5.75 Å². The molecule has 0 radical (unpaired) electrons. The fourth-order valence-corrected chi connectivity index (χ4v) is 1.79. The van der Waals surface area contributed by atoms with Gasteiger partial charge in [-0.25, -0.2) is 15.8 Å². The van der Waals surface area contributed by atoms with E-state index in [-0.39, 0.29) is 0 Å². The van der Waals surface area contributed by atoms with Crippen LogP contribution < -0.4 is 21.3 Å². The number of benzene rings is 1. The lowest BCUT2D eigenvalue weighted by Gasteiger charge is -2.12. The first-order valence-corrected chi connectivity index (χ1v) is 5.93. The first-order valence-electron chi connectivity index (χ1n) is 5.55. The predicted octanol–water partition coefficient (Wildman–Crippen LogP) is 2.48. The third-order valence-corrected chi connectivity index (χ3v) is 2.65. The van der Waals surface area contributed by atoms with Crippen LogP contribution in [-0.2, 0) is 0 Å². The number of methoxy groups -OCH3 is 1. The zero-order chi connectivity index (χ0) is 13.8. The monoisotopic (exact) mass is 279 g/mol. The van der Waals surface area contributed by atoms with E-state index in [1.807, 2.05) is 0 Å². The Bertz CT molecular complexity index is 590. The van der Waals surface area contributed by atoms with Gasteiger partial charge < -0.3 is 15.5 Å².